The fourth-order valence-corrected chi connectivity index (χ4v) is 4.34. The Balaban J connectivity index is 1.79. The number of nitrogens with zero attached hydrogens (tertiary/aromatic N) is 2. The number of amides is 2. The number of benzene rings is 3. The summed E-state index contributed by atoms with van der Waals surface area (Å²) in [6, 6.07) is 17.1. The van der Waals surface area contributed by atoms with Gasteiger partial charge in [0.2, 0.25) is 0 Å². The standard InChI is InChI=1S/C26H24F3N3O4S/c1-3-18(2)32(25(33)31-22-12-10-19(16-30)11-13-22)17-20-6-4-8-23(14-20)36-37(34,35)24-9-5-7-21(15-24)26(27,28)29/h4-15,18H,3,17H2,1-2H3,(H,31,33). The van der Waals surface area contributed by atoms with E-state index in [9.17, 15) is 26.4 Å². The molecule has 0 spiro atoms. The van der Waals surface area contributed by atoms with Gasteiger partial charge in [0.15, 0.2) is 0 Å². The smallest absolute Gasteiger partial charge is 0.379 e. The lowest BCUT2D eigenvalue weighted by atomic mass is 10.1. The van der Waals surface area contributed by atoms with Crippen LogP contribution in [0.5, 0.6) is 5.75 Å². The summed E-state index contributed by atoms with van der Waals surface area (Å²) in [6.07, 6.45) is -4.07. The Hall–Kier alpha value is -4.04. The summed E-state index contributed by atoms with van der Waals surface area (Å²) in [7, 11) is -4.54. The summed E-state index contributed by atoms with van der Waals surface area (Å²) < 4.78 is 69.4. The number of hydrogen-bond donors (Lipinski definition) is 1. The van der Waals surface area contributed by atoms with Crippen molar-refractivity contribution in [3.8, 4) is 11.8 Å². The van der Waals surface area contributed by atoms with Gasteiger partial charge in [-0.2, -0.15) is 26.9 Å². The first-order chi connectivity index (χ1) is 17.4. The van der Waals surface area contributed by atoms with E-state index >= 15 is 0 Å². The van der Waals surface area contributed by atoms with Crippen LogP contribution in [-0.4, -0.2) is 25.4 Å². The van der Waals surface area contributed by atoms with Gasteiger partial charge in [-0.3, -0.25) is 0 Å². The van der Waals surface area contributed by atoms with E-state index in [2.05, 4.69) is 5.32 Å². The minimum absolute atomic E-state index is 0.105. The molecule has 3 rings (SSSR count). The molecule has 0 radical (unpaired) electrons. The molecule has 7 nitrogen and oxygen atoms in total. The van der Waals surface area contributed by atoms with Crippen molar-refractivity contribution in [3.05, 3.63) is 89.5 Å². The minimum Gasteiger partial charge on any atom is -0.379 e. The Morgan fingerprint density at radius 1 is 1.08 bits per heavy atom. The van der Waals surface area contributed by atoms with Gasteiger partial charge >= 0.3 is 22.3 Å². The van der Waals surface area contributed by atoms with Crippen LogP contribution in [0.2, 0.25) is 0 Å². The summed E-state index contributed by atoms with van der Waals surface area (Å²) >= 11 is 0. The zero-order chi connectivity index (χ0) is 27.2. The van der Waals surface area contributed by atoms with Crippen molar-refractivity contribution in [1.29, 1.82) is 5.26 Å². The zero-order valence-electron chi connectivity index (χ0n) is 20.0. The molecule has 3 aromatic rings. The van der Waals surface area contributed by atoms with Crippen LogP contribution in [0.1, 0.15) is 37.0 Å². The van der Waals surface area contributed by atoms with Gasteiger partial charge in [0.1, 0.15) is 10.6 Å². The predicted octanol–water partition coefficient (Wildman–Crippen LogP) is 6.18. The van der Waals surface area contributed by atoms with Crippen molar-refractivity contribution < 1.29 is 30.6 Å². The molecule has 37 heavy (non-hydrogen) atoms. The van der Waals surface area contributed by atoms with Crippen LogP contribution in [0.15, 0.2) is 77.7 Å². The van der Waals surface area contributed by atoms with E-state index in [4.69, 9.17) is 9.44 Å². The number of nitriles is 1. The van der Waals surface area contributed by atoms with Gasteiger partial charge in [-0.15, -0.1) is 0 Å². The van der Waals surface area contributed by atoms with Gasteiger partial charge in [0.05, 0.1) is 17.2 Å². The maximum atomic E-state index is 13.0. The molecule has 3 aromatic carbocycles. The molecule has 0 fully saturated rings. The van der Waals surface area contributed by atoms with E-state index in [-0.39, 0.29) is 18.3 Å². The van der Waals surface area contributed by atoms with Crippen molar-refractivity contribution in [2.24, 2.45) is 0 Å². The van der Waals surface area contributed by atoms with E-state index in [1.165, 1.54) is 18.2 Å². The second kappa shape index (κ2) is 11.3. The molecule has 0 bridgehead atoms. The summed E-state index contributed by atoms with van der Waals surface area (Å²) in [5.74, 6) is -0.105. The third-order valence-electron chi connectivity index (χ3n) is 5.56. The van der Waals surface area contributed by atoms with Gasteiger partial charge in [0, 0.05) is 18.3 Å². The Morgan fingerprint density at radius 2 is 1.76 bits per heavy atom. The molecule has 0 aromatic heterocycles. The Kier molecular flexibility index (Phi) is 8.45. The molecule has 11 heteroatoms. The van der Waals surface area contributed by atoms with Crippen LogP contribution in [0, 0.1) is 11.3 Å². The number of hydrogen-bond acceptors (Lipinski definition) is 5. The molecule has 1 N–H and O–H groups in total. The maximum absolute atomic E-state index is 13.0. The first kappa shape index (κ1) is 27.5. The molecule has 0 heterocycles. The lowest BCUT2D eigenvalue weighted by Gasteiger charge is -2.29. The van der Waals surface area contributed by atoms with Crippen LogP contribution in [0.3, 0.4) is 0 Å². The predicted molar refractivity (Wildman–Crippen MR) is 131 cm³/mol. The fraction of sp³-hybridized carbons (Fsp3) is 0.231. The van der Waals surface area contributed by atoms with Crippen molar-refractivity contribution in [1.82, 2.24) is 4.90 Å². The molecular formula is C26H24F3N3O4S. The van der Waals surface area contributed by atoms with Crippen LogP contribution in [0.25, 0.3) is 0 Å². The van der Waals surface area contributed by atoms with Gasteiger partial charge in [-0.05, 0) is 73.5 Å². The van der Waals surface area contributed by atoms with Gasteiger partial charge in [-0.25, -0.2) is 4.79 Å². The number of alkyl halides is 3. The number of nitrogens with one attached hydrogen (secondary N) is 1. The average Bonchev–Trinajstić information content (AvgIpc) is 2.86. The van der Waals surface area contributed by atoms with Gasteiger partial charge < -0.3 is 14.4 Å². The molecular weight excluding hydrogens is 507 g/mol. The largest absolute Gasteiger partial charge is 0.416 e. The molecule has 194 valence electrons. The molecule has 1 unspecified atom stereocenters. The second-order valence-electron chi connectivity index (χ2n) is 8.21. The topological polar surface area (TPSA) is 99.5 Å². The number of rotatable bonds is 8. The third-order valence-corrected chi connectivity index (χ3v) is 6.80. The summed E-state index contributed by atoms with van der Waals surface area (Å²) in [5, 5.41) is 11.7. The first-order valence-electron chi connectivity index (χ1n) is 11.2. The zero-order valence-corrected chi connectivity index (χ0v) is 20.8. The van der Waals surface area contributed by atoms with Crippen LogP contribution < -0.4 is 9.50 Å². The summed E-state index contributed by atoms with van der Waals surface area (Å²) in [4.78, 5) is 13.9. The number of carbonyl (C=O) groups excluding carboxylic acids is 1. The maximum Gasteiger partial charge on any atom is 0.416 e. The molecule has 0 aliphatic heterocycles. The van der Waals surface area contributed by atoms with Crippen molar-refractivity contribution in [3.63, 3.8) is 0 Å². The van der Waals surface area contributed by atoms with E-state index in [1.54, 1.807) is 35.2 Å². The van der Waals surface area contributed by atoms with Gasteiger partial charge in [-0.1, -0.05) is 25.1 Å². The average molecular weight is 532 g/mol. The van der Waals surface area contributed by atoms with Crippen LogP contribution in [0.4, 0.5) is 23.7 Å². The Labute approximate surface area is 213 Å². The highest BCUT2D eigenvalue weighted by atomic mass is 32.2. The third kappa shape index (κ3) is 7.24. The summed E-state index contributed by atoms with van der Waals surface area (Å²) in [5.41, 5.74) is 0.394. The lowest BCUT2D eigenvalue weighted by Crippen LogP contribution is -2.40. The van der Waals surface area contributed by atoms with E-state index < -0.39 is 32.8 Å². The van der Waals surface area contributed by atoms with E-state index in [1.807, 2.05) is 19.9 Å². The molecule has 0 aliphatic carbocycles. The first-order valence-corrected chi connectivity index (χ1v) is 12.6. The molecule has 2 amide bonds. The molecule has 0 aliphatic rings. The number of halogens is 3. The number of anilines is 1. The summed E-state index contributed by atoms with van der Waals surface area (Å²) in [6.45, 7) is 3.88. The normalized spacial score (nSPS) is 12.3. The fourth-order valence-electron chi connectivity index (χ4n) is 3.37. The van der Waals surface area contributed by atoms with Crippen LogP contribution >= 0.6 is 0 Å². The monoisotopic (exact) mass is 531 g/mol. The number of carbonyl (C=O) groups is 1. The molecule has 1 atom stereocenters. The molecule has 0 saturated carbocycles. The van der Waals surface area contributed by atoms with Crippen molar-refractivity contribution in [2.45, 2.75) is 43.9 Å². The highest BCUT2D eigenvalue weighted by Crippen LogP contribution is 2.31. The van der Waals surface area contributed by atoms with Crippen molar-refractivity contribution in [2.75, 3.05) is 5.32 Å². The quantitative estimate of drug-likeness (QED) is 0.350. The van der Waals surface area contributed by atoms with Crippen LogP contribution in [-0.2, 0) is 22.8 Å². The Morgan fingerprint density at radius 3 is 2.38 bits per heavy atom. The SMILES string of the molecule is CCC(C)N(Cc1cccc(OS(=O)(=O)c2cccc(C(F)(F)F)c2)c1)C(=O)Nc1ccc(C#N)cc1. The lowest BCUT2D eigenvalue weighted by molar-refractivity contribution is -0.137. The van der Waals surface area contributed by atoms with E-state index in [0.29, 0.717) is 29.3 Å². The molecule has 0 saturated heterocycles. The minimum atomic E-state index is -4.71. The van der Waals surface area contributed by atoms with Crippen molar-refractivity contribution >= 4 is 21.8 Å². The van der Waals surface area contributed by atoms with Gasteiger partial charge in [0.25, 0.3) is 0 Å². The highest BCUT2D eigenvalue weighted by molar-refractivity contribution is 7.87. The number of urea groups is 1. The van der Waals surface area contributed by atoms with E-state index in [0.717, 1.165) is 18.2 Å². The highest BCUT2D eigenvalue weighted by Gasteiger charge is 2.32. The Bertz CT molecular complexity index is 1400. The second-order valence-corrected chi connectivity index (χ2v) is 9.76.